The summed E-state index contributed by atoms with van der Waals surface area (Å²) in [5.74, 6) is 0.420. The van der Waals surface area contributed by atoms with Crippen molar-refractivity contribution in [1.82, 2.24) is 0 Å². The second-order valence-corrected chi connectivity index (χ2v) is 4.17. The van der Waals surface area contributed by atoms with Crippen molar-refractivity contribution in [2.75, 3.05) is 0 Å². The van der Waals surface area contributed by atoms with Crippen LogP contribution < -0.4 is 5.26 Å². The summed E-state index contributed by atoms with van der Waals surface area (Å²) < 4.78 is 1.77. The molecule has 0 radical (unpaired) electrons. The number of carbonyl (C=O) groups excluding carboxylic acids is 1. The number of hydrogen-bond acceptors (Lipinski definition) is 3. The second kappa shape index (κ2) is 3.63. The lowest BCUT2D eigenvalue weighted by Gasteiger charge is -2.35. The van der Waals surface area contributed by atoms with Crippen molar-refractivity contribution in [2.24, 2.45) is 0 Å². The van der Waals surface area contributed by atoms with E-state index in [1.165, 1.54) is 0 Å². The number of fused-ring (bicyclic) bond motifs is 1. The fourth-order valence-corrected chi connectivity index (χ4v) is 2.31. The van der Waals surface area contributed by atoms with Gasteiger partial charge in [0.25, 0.3) is 5.75 Å². The van der Waals surface area contributed by atoms with Gasteiger partial charge in [-0.3, -0.25) is 4.79 Å². The first-order chi connectivity index (χ1) is 6.74. The summed E-state index contributed by atoms with van der Waals surface area (Å²) in [6.07, 6.45) is 0.638. The molecule has 0 spiro atoms. The van der Waals surface area contributed by atoms with Crippen molar-refractivity contribution in [3.63, 3.8) is 0 Å². The minimum Gasteiger partial charge on any atom is -0.555 e. The molecule has 0 bridgehead atoms. The highest BCUT2D eigenvalue weighted by Gasteiger charge is 2.33. The van der Waals surface area contributed by atoms with E-state index >= 15 is 0 Å². The third kappa shape index (κ3) is 1.40. The Morgan fingerprint density at radius 2 is 2.21 bits per heavy atom. The van der Waals surface area contributed by atoms with Gasteiger partial charge < -0.3 is 9.78 Å². The molecule has 3 nitrogen and oxygen atoms in total. The summed E-state index contributed by atoms with van der Waals surface area (Å²) in [7, 11) is 0. The van der Waals surface area contributed by atoms with Crippen LogP contribution in [0.3, 0.4) is 0 Å². The number of thioether (sulfide) groups is 1. The average molecular weight is 210 g/mol. The lowest BCUT2D eigenvalue weighted by molar-refractivity contribution is -0.772. The Kier molecular flexibility index (Phi) is 2.48. The molecule has 1 aliphatic rings. The van der Waals surface area contributed by atoms with Gasteiger partial charge >= 0.3 is 0 Å². The molecule has 2 rings (SSSR count). The summed E-state index contributed by atoms with van der Waals surface area (Å²) in [6.45, 7) is 1.89. The molecule has 14 heavy (non-hydrogen) atoms. The Balaban J connectivity index is 2.46. The maximum Gasteiger partial charge on any atom is 0.278 e. The van der Waals surface area contributed by atoms with Crippen molar-refractivity contribution in [3.8, 4) is 5.75 Å². The summed E-state index contributed by atoms with van der Waals surface area (Å²) in [6, 6.07) is 6.85. The van der Waals surface area contributed by atoms with Crippen LogP contribution in [0, 0.1) is 0 Å². The van der Waals surface area contributed by atoms with Gasteiger partial charge in [0.05, 0.1) is 0 Å². The van der Waals surface area contributed by atoms with Gasteiger partial charge in [-0.1, -0.05) is 19.1 Å². The maximum absolute atomic E-state index is 11.7. The zero-order valence-corrected chi connectivity index (χ0v) is 8.54. The number of para-hydroxylation sites is 1. The monoisotopic (exact) mass is 210 g/mol. The quantitative estimate of drug-likeness (QED) is 0.524. The highest BCUT2D eigenvalue weighted by Crippen LogP contribution is 2.40. The molecule has 1 atom stereocenters. The van der Waals surface area contributed by atoms with E-state index in [9.17, 15) is 10.1 Å². The summed E-state index contributed by atoms with van der Waals surface area (Å²) in [4.78, 5) is 11.6. The molecule has 1 aromatic rings. The van der Waals surface area contributed by atoms with Crippen molar-refractivity contribution in [3.05, 3.63) is 29.8 Å². The number of hydrogen-bond donors (Lipinski definition) is 0. The van der Waals surface area contributed by atoms with Crippen LogP contribution in [0.4, 0.5) is 0 Å². The van der Waals surface area contributed by atoms with Gasteiger partial charge in [0.15, 0.2) is 0 Å². The van der Waals surface area contributed by atoms with Gasteiger partial charge in [0, 0.05) is 24.2 Å². The van der Waals surface area contributed by atoms with Gasteiger partial charge in [0.1, 0.15) is 5.56 Å². The fourth-order valence-electron chi connectivity index (χ4n) is 1.41. The number of rotatable bonds is 1. The van der Waals surface area contributed by atoms with Crippen LogP contribution in [-0.4, -0.2) is 10.6 Å². The highest BCUT2D eigenvalue weighted by molar-refractivity contribution is 8.14. The van der Waals surface area contributed by atoms with E-state index in [4.69, 9.17) is 0 Å². The highest BCUT2D eigenvalue weighted by atomic mass is 32.2. The Hall–Kier alpha value is -1.00. The van der Waals surface area contributed by atoms with Gasteiger partial charge in [-0.25, -0.2) is 0 Å². The van der Waals surface area contributed by atoms with Crippen LogP contribution in [0.25, 0.3) is 0 Å². The van der Waals surface area contributed by atoms with Crippen LogP contribution in [0.15, 0.2) is 24.3 Å². The predicted octanol–water partition coefficient (Wildman–Crippen LogP) is 1.85. The molecule has 0 aliphatic carbocycles. The second-order valence-electron chi connectivity index (χ2n) is 3.04. The smallest absolute Gasteiger partial charge is 0.278 e. The summed E-state index contributed by atoms with van der Waals surface area (Å²) >= 11 is 1.07. The third-order valence-corrected chi connectivity index (χ3v) is 3.34. The molecule has 0 saturated heterocycles. The lowest BCUT2D eigenvalue weighted by Crippen LogP contribution is -2.34. The first-order valence-electron chi connectivity index (χ1n) is 4.44. The summed E-state index contributed by atoms with van der Waals surface area (Å²) in [5.41, 5.74) is 0.139. The molecule has 0 amide bonds. The minimum atomic E-state index is -0.350. The van der Waals surface area contributed by atoms with Crippen molar-refractivity contribution < 1.29 is 14.6 Å². The van der Waals surface area contributed by atoms with E-state index in [1.54, 1.807) is 28.8 Å². The van der Waals surface area contributed by atoms with E-state index in [2.05, 4.69) is 0 Å². The number of benzene rings is 1. The topological polar surface area (TPSA) is 42.8 Å². The lowest BCUT2D eigenvalue weighted by atomic mass is 10.2. The van der Waals surface area contributed by atoms with Crippen LogP contribution >= 0.6 is 11.8 Å². The SMILES string of the molecule is CCC1SC(=O)c2ccccc2[O+]1[O-]. The molecule has 74 valence electrons. The molecule has 0 N–H and O–H groups in total. The van der Waals surface area contributed by atoms with E-state index < -0.39 is 0 Å². The largest absolute Gasteiger partial charge is 0.555 e. The van der Waals surface area contributed by atoms with Gasteiger partial charge in [0.2, 0.25) is 10.6 Å². The zero-order valence-electron chi connectivity index (χ0n) is 7.73. The van der Waals surface area contributed by atoms with Crippen LogP contribution in [0.2, 0.25) is 0 Å². The number of carbonyl (C=O) groups is 1. The summed E-state index contributed by atoms with van der Waals surface area (Å²) in [5, 5.41) is 11.6. The van der Waals surface area contributed by atoms with Crippen LogP contribution in [-0.2, 0) is 4.52 Å². The molecule has 0 aromatic heterocycles. The molecule has 0 fully saturated rings. The first kappa shape index (κ1) is 9.55. The minimum absolute atomic E-state index is 0.0212. The Morgan fingerprint density at radius 1 is 1.50 bits per heavy atom. The Labute approximate surface area is 86.3 Å². The van der Waals surface area contributed by atoms with Crippen LogP contribution in [0.1, 0.15) is 23.7 Å². The molecule has 1 aliphatic heterocycles. The first-order valence-corrected chi connectivity index (χ1v) is 5.32. The standard InChI is InChI=1S/C10H10O3S/c1-2-9-13(12)8-6-4-3-5-7(8)10(11)14-9/h3-6,9H,2H2,1H3. The van der Waals surface area contributed by atoms with Crippen LogP contribution in [0.5, 0.6) is 5.75 Å². The molecular weight excluding hydrogens is 200 g/mol. The average Bonchev–Trinajstić information content (AvgIpc) is 2.23. The normalized spacial score (nSPS) is 20.9. The Bertz CT molecular complexity index is 364. The van der Waals surface area contributed by atoms with Gasteiger partial charge in [-0.2, -0.15) is 0 Å². The van der Waals surface area contributed by atoms with Crippen molar-refractivity contribution in [2.45, 2.75) is 18.8 Å². The molecule has 1 unspecified atom stereocenters. The molecule has 4 heteroatoms. The van der Waals surface area contributed by atoms with Crippen molar-refractivity contribution >= 4 is 16.9 Å². The molecule has 0 saturated carbocycles. The van der Waals surface area contributed by atoms with Crippen molar-refractivity contribution in [1.29, 1.82) is 0 Å². The van der Waals surface area contributed by atoms with E-state index in [1.807, 2.05) is 6.92 Å². The molecule has 1 heterocycles. The third-order valence-electron chi connectivity index (χ3n) is 2.13. The molecule has 1 aromatic carbocycles. The molecular formula is C10H10O3S. The van der Waals surface area contributed by atoms with E-state index in [-0.39, 0.29) is 10.6 Å². The van der Waals surface area contributed by atoms with Gasteiger partial charge in [-0.05, 0) is 6.07 Å². The zero-order chi connectivity index (χ0) is 10.1. The fraction of sp³-hybridized carbons (Fsp3) is 0.300. The maximum atomic E-state index is 11.7. The van der Waals surface area contributed by atoms with Gasteiger partial charge in [-0.15, -0.1) is 0 Å². The Morgan fingerprint density at radius 3 is 2.93 bits per heavy atom. The predicted molar refractivity (Wildman–Crippen MR) is 53.0 cm³/mol. The van der Waals surface area contributed by atoms with E-state index in [0.29, 0.717) is 17.7 Å². The van der Waals surface area contributed by atoms with E-state index in [0.717, 1.165) is 11.8 Å².